The highest BCUT2D eigenvalue weighted by atomic mass is 35.5. The molecule has 0 amide bonds. The summed E-state index contributed by atoms with van der Waals surface area (Å²) in [6.07, 6.45) is 2.87. The summed E-state index contributed by atoms with van der Waals surface area (Å²) in [4.78, 5) is 21.6. The standard InChI is InChI=1S/C17H11ClN2O6/c1-9-16(20(23)24)15(26-19-9)7-4-11-3-6-14(25-11)10-2-5-13(18)12(8-10)17(21)22/h2-8H,1H3,(H,21,22)/b7-4+. The first kappa shape index (κ1) is 17.4. The van der Waals surface area contributed by atoms with Gasteiger partial charge >= 0.3 is 11.7 Å². The highest BCUT2D eigenvalue weighted by molar-refractivity contribution is 6.33. The fourth-order valence-electron chi connectivity index (χ4n) is 2.31. The highest BCUT2D eigenvalue weighted by Crippen LogP contribution is 2.29. The molecule has 8 nitrogen and oxygen atoms in total. The van der Waals surface area contributed by atoms with Crippen molar-refractivity contribution in [3.8, 4) is 11.3 Å². The molecule has 3 aromatic rings. The van der Waals surface area contributed by atoms with Crippen LogP contribution in [0.2, 0.25) is 5.02 Å². The van der Waals surface area contributed by atoms with Gasteiger partial charge in [-0.25, -0.2) is 4.79 Å². The minimum absolute atomic E-state index is 0.00473. The quantitative estimate of drug-likeness (QED) is 0.508. The third-order valence-corrected chi connectivity index (χ3v) is 3.88. The number of nitro groups is 1. The van der Waals surface area contributed by atoms with Gasteiger partial charge in [0.15, 0.2) is 5.69 Å². The Bertz CT molecular complexity index is 1030. The maximum atomic E-state index is 11.2. The van der Waals surface area contributed by atoms with E-state index in [1.165, 1.54) is 31.2 Å². The van der Waals surface area contributed by atoms with Gasteiger partial charge in [-0.3, -0.25) is 10.1 Å². The van der Waals surface area contributed by atoms with E-state index in [4.69, 9.17) is 25.6 Å². The molecule has 1 N–H and O–H groups in total. The summed E-state index contributed by atoms with van der Waals surface area (Å²) >= 11 is 5.85. The van der Waals surface area contributed by atoms with Crippen LogP contribution in [-0.4, -0.2) is 21.2 Å². The van der Waals surface area contributed by atoms with Gasteiger partial charge in [0.25, 0.3) is 0 Å². The monoisotopic (exact) mass is 374 g/mol. The van der Waals surface area contributed by atoms with Gasteiger partial charge in [-0.1, -0.05) is 16.8 Å². The number of nitrogens with zero attached hydrogens (tertiary/aromatic N) is 2. The van der Waals surface area contributed by atoms with Crippen molar-refractivity contribution < 1.29 is 23.8 Å². The first-order valence-electron chi connectivity index (χ1n) is 7.28. The molecule has 26 heavy (non-hydrogen) atoms. The SMILES string of the molecule is Cc1noc(/C=C/c2ccc(-c3ccc(Cl)c(C(=O)O)c3)o2)c1[N+](=O)[O-]. The molecule has 0 unspecified atom stereocenters. The van der Waals surface area contributed by atoms with Crippen molar-refractivity contribution in [2.24, 2.45) is 0 Å². The van der Waals surface area contributed by atoms with E-state index >= 15 is 0 Å². The van der Waals surface area contributed by atoms with Gasteiger partial charge in [0.1, 0.15) is 11.5 Å². The van der Waals surface area contributed by atoms with Crippen LogP contribution in [0.5, 0.6) is 0 Å². The number of hydrogen-bond acceptors (Lipinski definition) is 6. The third-order valence-electron chi connectivity index (χ3n) is 3.55. The molecule has 0 fully saturated rings. The van der Waals surface area contributed by atoms with Gasteiger partial charge < -0.3 is 14.0 Å². The molecule has 132 valence electrons. The number of halogens is 1. The molecule has 0 spiro atoms. The molecule has 2 heterocycles. The summed E-state index contributed by atoms with van der Waals surface area (Å²) < 4.78 is 10.5. The van der Waals surface area contributed by atoms with E-state index < -0.39 is 10.9 Å². The van der Waals surface area contributed by atoms with Gasteiger partial charge in [0.2, 0.25) is 5.76 Å². The normalized spacial score (nSPS) is 11.2. The first-order valence-corrected chi connectivity index (χ1v) is 7.66. The topological polar surface area (TPSA) is 120 Å². The van der Waals surface area contributed by atoms with Gasteiger partial charge in [-0.15, -0.1) is 0 Å². The zero-order chi connectivity index (χ0) is 18.8. The number of carboxylic acid groups (broad SMARTS) is 1. The highest BCUT2D eigenvalue weighted by Gasteiger charge is 2.22. The van der Waals surface area contributed by atoms with Crippen molar-refractivity contribution in [2.45, 2.75) is 6.92 Å². The van der Waals surface area contributed by atoms with E-state index in [0.29, 0.717) is 17.1 Å². The van der Waals surface area contributed by atoms with E-state index in [2.05, 4.69) is 5.16 Å². The molecule has 0 bridgehead atoms. The molecule has 9 heteroatoms. The molecular formula is C17H11ClN2O6. The smallest absolute Gasteiger partial charge is 0.338 e. The zero-order valence-electron chi connectivity index (χ0n) is 13.3. The van der Waals surface area contributed by atoms with Crippen molar-refractivity contribution in [1.29, 1.82) is 0 Å². The molecule has 0 aliphatic heterocycles. The Labute approximate surface area is 151 Å². The van der Waals surface area contributed by atoms with Crippen LogP contribution >= 0.6 is 11.6 Å². The van der Waals surface area contributed by atoms with E-state index in [-0.39, 0.29) is 27.7 Å². The zero-order valence-corrected chi connectivity index (χ0v) is 14.1. The summed E-state index contributed by atoms with van der Waals surface area (Å²) in [5, 5.41) is 23.8. The van der Waals surface area contributed by atoms with E-state index in [9.17, 15) is 14.9 Å². The lowest BCUT2D eigenvalue weighted by Gasteiger charge is -2.01. The van der Waals surface area contributed by atoms with Crippen LogP contribution < -0.4 is 0 Å². The molecule has 0 saturated heterocycles. The molecule has 0 atom stereocenters. The molecule has 0 aliphatic carbocycles. The lowest BCUT2D eigenvalue weighted by Crippen LogP contribution is -1.97. The van der Waals surface area contributed by atoms with Crippen LogP contribution in [0.3, 0.4) is 0 Å². The van der Waals surface area contributed by atoms with Gasteiger partial charge in [0.05, 0.1) is 15.5 Å². The fraction of sp³-hybridized carbons (Fsp3) is 0.0588. The molecular weight excluding hydrogens is 364 g/mol. The number of benzene rings is 1. The van der Waals surface area contributed by atoms with Crippen LogP contribution in [0.4, 0.5) is 5.69 Å². The number of aromatic nitrogens is 1. The van der Waals surface area contributed by atoms with Crippen molar-refractivity contribution in [1.82, 2.24) is 5.16 Å². The molecule has 2 aromatic heterocycles. The Kier molecular flexibility index (Phi) is 4.59. The Hall–Kier alpha value is -3.39. The number of carboxylic acids is 1. The Balaban J connectivity index is 1.88. The average Bonchev–Trinajstić information content (AvgIpc) is 3.19. The largest absolute Gasteiger partial charge is 0.478 e. The predicted octanol–water partition coefficient (Wildman–Crippen LogP) is 4.67. The number of aryl methyl sites for hydroxylation is 1. The second kappa shape index (κ2) is 6.85. The molecule has 3 rings (SSSR count). The fourth-order valence-corrected chi connectivity index (χ4v) is 2.51. The summed E-state index contributed by atoms with van der Waals surface area (Å²) in [5.74, 6) is -0.316. The maximum absolute atomic E-state index is 11.2. The lowest BCUT2D eigenvalue weighted by atomic mass is 10.1. The lowest BCUT2D eigenvalue weighted by molar-refractivity contribution is -0.386. The number of carbonyl (C=O) groups is 1. The number of hydrogen-bond donors (Lipinski definition) is 1. The van der Waals surface area contributed by atoms with Crippen molar-refractivity contribution in [3.63, 3.8) is 0 Å². The molecule has 0 aliphatic rings. The molecule has 1 aromatic carbocycles. The molecule has 0 radical (unpaired) electrons. The average molecular weight is 375 g/mol. The Morgan fingerprint density at radius 2 is 2.08 bits per heavy atom. The summed E-state index contributed by atoms with van der Waals surface area (Å²) in [6.45, 7) is 1.48. The van der Waals surface area contributed by atoms with Crippen LogP contribution in [-0.2, 0) is 0 Å². The predicted molar refractivity (Wildman–Crippen MR) is 92.9 cm³/mol. The summed E-state index contributed by atoms with van der Waals surface area (Å²) in [6, 6.07) is 7.79. The number of aromatic carboxylic acids is 1. The van der Waals surface area contributed by atoms with Crippen molar-refractivity contribution in [3.05, 3.63) is 68.2 Å². The minimum Gasteiger partial charge on any atom is -0.478 e. The van der Waals surface area contributed by atoms with Gasteiger partial charge in [-0.2, -0.15) is 0 Å². The maximum Gasteiger partial charge on any atom is 0.338 e. The second-order valence-electron chi connectivity index (χ2n) is 5.27. The third kappa shape index (κ3) is 3.35. The Morgan fingerprint density at radius 3 is 2.77 bits per heavy atom. The summed E-state index contributed by atoms with van der Waals surface area (Å²) in [5.41, 5.74) is 0.465. The number of rotatable bonds is 5. The van der Waals surface area contributed by atoms with Crippen LogP contribution in [0.15, 0.2) is 39.3 Å². The van der Waals surface area contributed by atoms with Crippen molar-refractivity contribution >= 4 is 35.4 Å². The van der Waals surface area contributed by atoms with E-state index in [1.807, 2.05) is 0 Å². The summed E-state index contributed by atoms with van der Waals surface area (Å²) in [7, 11) is 0. The first-order chi connectivity index (χ1) is 12.4. The van der Waals surface area contributed by atoms with Gasteiger partial charge in [-0.05, 0) is 49.4 Å². The minimum atomic E-state index is -1.14. The van der Waals surface area contributed by atoms with E-state index in [0.717, 1.165) is 0 Å². The Morgan fingerprint density at radius 1 is 1.31 bits per heavy atom. The molecule has 0 saturated carbocycles. The number of furan rings is 1. The van der Waals surface area contributed by atoms with Gasteiger partial charge in [0, 0.05) is 5.56 Å². The van der Waals surface area contributed by atoms with Crippen LogP contribution in [0.1, 0.15) is 27.6 Å². The van der Waals surface area contributed by atoms with Crippen molar-refractivity contribution in [2.75, 3.05) is 0 Å². The van der Waals surface area contributed by atoms with E-state index in [1.54, 1.807) is 18.2 Å². The van der Waals surface area contributed by atoms with Crippen LogP contribution in [0.25, 0.3) is 23.5 Å². The second-order valence-corrected chi connectivity index (χ2v) is 5.68. The van der Waals surface area contributed by atoms with Crippen LogP contribution in [0, 0.1) is 17.0 Å².